The van der Waals surface area contributed by atoms with Gasteiger partial charge in [-0.1, -0.05) is 12.1 Å². The van der Waals surface area contributed by atoms with Crippen molar-refractivity contribution in [1.29, 1.82) is 0 Å². The first-order valence-electron chi connectivity index (χ1n) is 5.35. The number of amides is 2. The average molecular weight is 216 g/mol. The molecule has 4 nitrogen and oxygen atoms in total. The van der Waals surface area contributed by atoms with E-state index in [0.717, 1.165) is 12.8 Å². The number of carbonyl (C=O) groups excluding carboxylic acids is 2. The molecule has 0 radical (unpaired) electrons. The number of hydrogen-bond donors (Lipinski definition) is 1. The maximum atomic E-state index is 12.0. The number of carbonyl (C=O) groups is 2. The van der Waals surface area contributed by atoms with Crippen molar-refractivity contribution < 1.29 is 9.59 Å². The van der Waals surface area contributed by atoms with Crippen LogP contribution in [-0.4, -0.2) is 28.8 Å². The molecule has 1 aromatic rings. The topological polar surface area (TPSA) is 63.4 Å². The summed E-state index contributed by atoms with van der Waals surface area (Å²) in [6.07, 6.45) is 1.78. The number of imide groups is 1. The van der Waals surface area contributed by atoms with Gasteiger partial charge in [-0.15, -0.1) is 0 Å². The molecule has 1 aromatic carbocycles. The predicted octanol–water partition coefficient (Wildman–Crippen LogP) is 0.774. The van der Waals surface area contributed by atoms with Gasteiger partial charge in [0, 0.05) is 12.1 Å². The van der Waals surface area contributed by atoms with Crippen LogP contribution in [0.3, 0.4) is 0 Å². The Kier molecular flexibility index (Phi) is 1.74. The van der Waals surface area contributed by atoms with Gasteiger partial charge >= 0.3 is 0 Å². The van der Waals surface area contributed by atoms with E-state index in [1.54, 1.807) is 24.3 Å². The van der Waals surface area contributed by atoms with Gasteiger partial charge in [0.2, 0.25) is 0 Å². The Hall–Kier alpha value is -1.68. The SMILES string of the molecule is NC1(CN2C(=O)c3ccccc3C2=O)CC1. The lowest BCUT2D eigenvalue weighted by Crippen LogP contribution is -2.42. The van der Waals surface area contributed by atoms with Gasteiger partial charge in [0.25, 0.3) is 11.8 Å². The molecule has 1 saturated carbocycles. The molecular formula is C12H12N2O2. The summed E-state index contributed by atoms with van der Waals surface area (Å²) in [5, 5.41) is 0. The van der Waals surface area contributed by atoms with Crippen LogP contribution >= 0.6 is 0 Å². The van der Waals surface area contributed by atoms with Gasteiger partial charge in [0.1, 0.15) is 0 Å². The van der Waals surface area contributed by atoms with E-state index in [1.165, 1.54) is 4.90 Å². The third-order valence-corrected chi connectivity index (χ3v) is 3.24. The van der Waals surface area contributed by atoms with Gasteiger partial charge in [0.05, 0.1) is 11.1 Å². The van der Waals surface area contributed by atoms with Gasteiger partial charge in [-0.2, -0.15) is 0 Å². The molecule has 0 saturated heterocycles. The number of fused-ring (bicyclic) bond motifs is 1. The largest absolute Gasteiger partial charge is 0.324 e. The Bertz CT molecular complexity index is 457. The van der Waals surface area contributed by atoms with Gasteiger partial charge in [-0.25, -0.2) is 0 Å². The number of nitrogens with zero attached hydrogens (tertiary/aromatic N) is 1. The molecule has 2 aliphatic rings. The fourth-order valence-corrected chi connectivity index (χ4v) is 2.02. The Morgan fingerprint density at radius 2 is 1.62 bits per heavy atom. The van der Waals surface area contributed by atoms with Crippen LogP contribution in [0.15, 0.2) is 24.3 Å². The second-order valence-electron chi connectivity index (χ2n) is 4.60. The second-order valence-corrected chi connectivity index (χ2v) is 4.60. The van der Waals surface area contributed by atoms with Crippen LogP contribution in [-0.2, 0) is 0 Å². The van der Waals surface area contributed by atoms with Crippen LogP contribution in [0.2, 0.25) is 0 Å². The van der Waals surface area contributed by atoms with E-state index >= 15 is 0 Å². The molecule has 1 aliphatic carbocycles. The third kappa shape index (κ3) is 1.27. The van der Waals surface area contributed by atoms with Crippen LogP contribution in [0.25, 0.3) is 0 Å². The Morgan fingerprint density at radius 3 is 2.06 bits per heavy atom. The van der Waals surface area contributed by atoms with Crippen LogP contribution < -0.4 is 5.73 Å². The molecule has 82 valence electrons. The summed E-state index contributed by atoms with van der Waals surface area (Å²) in [7, 11) is 0. The van der Waals surface area contributed by atoms with E-state index in [1.807, 2.05) is 0 Å². The van der Waals surface area contributed by atoms with E-state index in [0.29, 0.717) is 17.7 Å². The molecule has 0 spiro atoms. The monoisotopic (exact) mass is 216 g/mol. The first kappa shape index (κ1) is 9.54. The maximum absolute atomic E-state index is 12.0. The molecule has 3 rings (SSSR count). The molecule has 0 aromatic heterocycles. The summed E-state index contributed by atoms with van der Waals surface area (Å²) in [5.74, 6) is -0.422. The van der Waals surface area contributed by atoms with Crippen molar-refractivity contribution >= 4 is 11.8 Å². The highest BCUT2D eigenvalue weighted by molar-refractivity contribution is 6.21. The van der Waals surface area contributed by atoms with Crippen LogP contribution in [0.1, 0.15) is 33.6 Å². The number of hydrogen-bond acceptors (Lipinski definition) is 3. The second kappa shape index (κ2) is 2.92. The molecule has 1 heterocycles. The standard InChI is InChI=1S/C12H12N2O2/c13-12(5-6-12)7-14-10(15)8-3-1-2-4-9(8)11(14)16/h1-4H,5-7,13H2. The lowest BCUT2D eigenvalue weighted by molar-refractivity contribution is 0.0640. The molecule has 1 fully saturated rings. The normalized spacial score (nSPS) is 21.2. The smallest absolute Gasteiger partial charge is 0.261 e. The lowest BCUT2D eigenvalue weighted by Gasteiger charge is -2.18. The molecule has 16 heavy (non-hydrogen) atoms. The Balaban J connectivity index is 1.95. The van der Waals surface area contributed by atoms with Crippen LogP contribution in [0.4, 0.5) is 0 Å². The minimum absolute atomic E-state index is 0.211. The molecular weight excluding hydrogens is 204 g/mol. The van der Waals surface area contributed by atoms with Gasteiger partial charge < -0.3 is 5.73 Å². The van der Waals surface area contributed by atoms with Crippen molar-refractivity contribution in [1.82, 2.24) is 4.90 Å². The third-order valence-electron chi connectivity index (χ3n) is 3.24. The Morgan fingerprint density at radius 1 is 1.12 bits per heavy atom. The van der Waals surface area contributed by atoms with Crippen molar-refractivity contribution in [3.63, 3.8) is 0 Å². The zero-order valence-electron chi connectivity index (χ0n) is 8.77. The molecule has 2 amide bonds. The number of nitrogens with two attached hydrogens (primary N) is 1. The average Bonchev–Trinajstić information content (AvgIpc) is 2.97. The molecule has 1 aliphatic heterocycles. The van der Waals surface area contributed by atoms with Gasteiger partial charge in [0.15, 0.2) is 0 Å². The van der Waals surface area contributed by atoms with Crippen molar-refractivity contribution in [3.8, 4) is 0 Å². The highest BCUT2D eigenvalue weighted by Crippen LogP contribution is 2.35. The zero-order valence-corrected chi connectivity index (χ0v) is 8.77. The van der Waals surface area contributed by atoms with Crippen molar-refractivity contribution in [2.45, 2.75) is 18.4 Å². The quantitative estimate of drug-likeness (QED) is 0.743. The van der Waals surface area contributed by atoms with E-state index in [4.69, 9.17) is 5.73 Å². The van der Waals surface area contributed by atoms with Gasteiger partial charge in [-0.3, -0.25) is 14.5 Å². The van der Waals surface area contributed by atoms with E-state index < -0.39 is 0 Å². The van der Waals surface area contributed by atoms with Gasteiger partial charge in [-0.05, 0) is 25.0 Å². The summed E-state index contributed by atoms with van der Waals surface area (Å²) < 4.78 is 0. The van der Waals surface area contributed by atoms with E-state index in [9.17, 15) is 9.59 Å². The molecule has 2 N–H and O–H groups in total. The zero-order chi connectivity index (χ0) is 11.3. The molecule has 0 unspecified atom stereocenters. The fraction of sp³-hybridized carbons (Fsp3) is 0.333. The van der Waals surface area contributed by atoms with Crippen LogP contribution in [0.5, 0.6) is 0 Å². The molecule has 0 atom stereocenters. The van der Waals surface area contributed by atoms with Crippen molar-refractivity contribution in [2.24, 2.45) is 5.73 Å². The van der Waals surface area contributed by atoms with Crippen molar-refractivity contribution in [3.05, 3.63) is 35.4 Å². The Labute approximate surface area is 93.0 Å². The summed E-state index contributed by atoms with van der Waals surface area (Å²) in [5.41, 5.74) is 6.61. The molecule has 4 heteroatoms. The summed E-state index contributed by atoms with van der Waals surface area (Å²) in [6, 6.07) is 6.91. The summed E-state index contributed by atoms with van der Waals surface area (Å²) in [6.45, 7) is 0.347. The lowest BCUT2D eigenvalue weighted by atomic mass is 10.1. The maximum Gasteiger partial charge on any atom is 0.261 e. The summed E-state index contributed by atoms with van der Waals surface area (Å²) in [4.78, 5) is 25.2. The highest BCUT2D eigenvalue weighted by Gasteiger charge is 2.45. The minimum Gasteiger partial charge on any atom is -0.324 e. The molecule has 0 bridgehead atoms. The number of benzene rings is 1. The van der Waals surface area contributed by atoms with E-state index in [2.05, 4.69) is 0 Å². The van der Waals surface area contributed by atoms with Crippen LogP contribution in [0, 0.1) is 0 Å². The number of rotatable bonds is 2. The predicted molar refractivity (Wildman–Crippen MR) is 58.0 cm³/mol. The summed E-state index contributed by atoms with van der Waals surface area (Å²) >= 11 is 0. The fourth-order valence-electron chi connectivity index (χ4n) is 2.02. The highest BCUT2D eigenvalue weighted by atomic mass is 16.2. The van der Waals surface area contributed by atoms with E-state index in [-0.39, 0.29) is 17.4 Å². The minimum atomic E-state index is -0.326. The first-order chi connectivity index (χ1) is 7.61. The van der Waals surface area contributed by atoms with Crippen molar-refractivity contribution in [2.75, 3.05) is 6.54 Å². The first-order valence-corrected chi connectivity index (χ1v) is 5.35.